The van der Waals surface area contributed by atoms with Crippen LogP contribution in [0.5, 0.6) is 0 Å². The third kappa shape index (κ3) is 3.88. The Balaban J connectivity index is 0.000000200. The maximum atomic E-state index is 10.9. The molecule has 0 bridgehead atoms. The molecule has 2 aliphatic heterocycles. The fraction of sp³-hybridized carbons (Fsp3) is 0.429. The number of carbonyl (C=O) groups is 4. The van der Waals surface area contributed by atoms with Gasteiger partial charge in [-0.2, -0.15) is 0 Å². The molecule has 2 aliphatic rings. The average Bonchev–Trinajstić information content (AvgIpc) is 2.40. The molecule has 0 aliphatic carbocycles. The Morgan fingerprint density at radius 1 is 0.650 bits per heavy atom. The lowest BCUT2D eigenvalue weighted by atomic mass is 10.1. The molecule has 108 valence electrons. The second-order valence-corrected chi connectivity index (χ2v) is 4.39. The summed E-state index contributed by atoms with van der Waals surface area (Å²) < 4.78 is 0. The Labute approximate surface area is 117 Å². The summed E-state index contributed by atoms with van der Waals surface area (Å²) in [6.07, 6.45) is 5.81. The largest absolute Gasteiger partial charge is 0.274 e. The molecule has 6 nitrogen and oxygen atoms in total. The maximum absolute atomic E-state index is 10.9. The molecule has 2 rings (SSSR count). The quantitative estimate of drug-likeness (QED) is 0.714. The summed E-state index contributed by atoms with van der Waals surface area (Å²) in [7, 11) is 0. The minimum atomic E-state index is -0.133. The van der Waals surface area contributed by atoms with Gasteiger partial charge in [0.05, 0.1) is 0 Å². The normalized spacial score (nSPS) is 19.4. The van der Waals surface area contributed by atoms with Crippen LogP contribution in [0, 0.1) is 0 Å². The van der Waals surface area contributed by atoms with Crippen LogP contribution >= 0.6 is 0 Å². The fourth-order valence-corrected chi connectivity index (χ4v) is 1.95. The molecule has 0 aromatic rings. The van der Waals surface area contributed by atoms with Crippen molar-refractivity contribution in [3.63, 3.8) is 0 Å². The third-order valence-electron chi connectivity index (χ3n) is 3.00. The highest BCUT2D eigenvalue weighted by Gasteiger charge is 2.23. The van der Waals surface area contributed by atoms with Gasteiger partial charge in [-0.3, -0.25) is 29.0 Å². The number of carbonyl (C=O) groups excluding carboxylic acids is 4. The van der Waals surface area contributed by atoms with Gasteiger partial charge in [0.1, 0.15) is 0 Å². The highest BCUT2D eigenvalue weighted by atomic mass is 16.2. The van der Waals surface area contributed by atoms with Gasteiger partial charge >= 0.3 is 0 Å². The Kier molecular flexibility index (Phi) is 5.83. The van der Waals surface area contributed by atoms with E-state index in [1.165, 1.54) is 12.4 Å². The molecule has 6 heteroatoms. The van der Waals surface area contributed by atoms with E-state index in [0.717, 1.165) is 9.80 Å². The van der Waals surface area contributed by atoms with Gasteiger partial charge in [0, 0.05) is 38.1 Å². The van der Waals surface area contributed by atoms with Crippen LogP contribution in [-0.2, 0) is 19.2 Å². The molecule has 0 atom stereocenters. The van der Waals surface area contributed by atoms with Crippen molar-refractivity contribution >= 4 is 23.6 Å². The van der Waals surface area contributed by atoms with Crippen molar-refractivity contribution < 1.29 is 19.2 Å². The topological polar surface area (TPSA) is 74.8 Å². The smallest absolute Gasteiger partial charge is 0.233 e. The van der Waals surface area contributed by atoms with Gasteiger partial charge in [-0.15, -0.1) is 0 Å². The van der Waals surface area contributed by atoms with Crippen LogP contribution in [0.25, 0.3) is 0 Å². The van der Waals surface area contributed by atoms with Gasteiger partial charge in [-0.05, 0) is 12.8 Å². The summed E-state index contributed by atoms with van der Waals surface area (Å²) in [5.74, 6) is -0.532. The van der Waals surface area contributed by atoms with E-state index in [9.17, 15) is 19.2 Å². The van der Waals surface area contributed by atoms with Crippen molar-refractivity contribution in [2.24, 2.45) is 0 Å². The zero-order valence-electron chi connectivity index (χ0n) is 11.3. The second-order valence-electron chi connectivity index (χ2n) is 4.39. The van der Waals surface area contributed by atoms with Crippen LogP contribution in [0.1, 0.15) is 38.5 Å². The molecule has 4 amide bonds. The van der Waals surface area contributed by atoms with E-state index < -0.39 is 0 Å². The Bertz CT molecular complexity index is 382. The Morgan fingerprint density at radius 2 is 0.900 bits per heavy atom. The summed E-state index contributed by atoms with van der Waals surface area (Å²) >= 11 is 0. The third-order valence-corrected chi connectivity index (χ3v) is 3.00. The summed E-state index contributed by atoms with van der Waals surface area (Å²) in [5, 5.41) is 0. The first-order valence-corrected chi connectivity index (χ1v) is 6.46. The average molecular weight is 278 g/mol. The number of hydrogen-bond acceptors (Lipinski definition) is 4. The molecule has 0 N–H and O–H groups in total. The number of piperidine rings is 2. The monoisotopic (exact) mass is 278 g/mol. The predicted octanol–water partition coefficient (Wildman–Crippen LogP) is 1.34. The molecular formula is C14H18N2O4. The number of imide groups is 2. The van der Waals surface area contributed by atoms with Crippen molar-refractivity contribution in [1.29, 1.82) is 0 Å². The van der Waals surface area contributed by atoms with E-state index in [1.807, 2.05) is 0 Å². The van der Waals surface area contributed by atoms with Gasteiger partial charge in [-0.1, -0.05) is 13.2 Å². The van der Waals surface area contributed by atoms with E-state index in [2.05, 4.69) is 13.2 Å². The lowest BCUT2D eigenvalue weighted by Gasteiger charge is -2.19. The molecule has 0 radical (unpaired) electrons. The van der Waals surface area contributed by atoms with E-state index in [0.29, 0.717) is 38.5 Å². The second kappa shape index (κ2) is 7.37. The van der Waals surface area contributed by atoms with Crippen LogP contribution in [-0.4, -0.2) is 33.4 Å². The molecule has 0 aromatic carbocycles. The Hall–Kier alpha value is -2.24. The predicted molar refractivity (Wildman–Crippen MR) is 71.8 cm³/mol. The molecule has 0 unspecified atom stereocenters. The van der Waals surface area contributed by atoms with E-state index in [4.69, 9.17) is 0 Å². The summed E-state index contributed by atoms with van der Waals surface area (Å²) in [6.45, 7) is 6.74. The summed E-state index contributed by atoms with van der Waals surface area (Å²) in [5.41, 5.74) is 0. The first-order valence-electron chi connectivity index (χ1n) is 6.46. The van der Waals surface area contributed by atoms with Gasteiger partial charge in [0.15, 0.2) is 0 Å². The van der Waals surface area contributed by atoms with E-state index in [-0.39, 0.29) is 23.6 Å². The lowest BCUT2D eigenvalue weighted by molar-refractivity contribution is -0.146. The van der Waals surface area contributed by atoms with Gasteiger partial charge in [0.25, 0.3) is 0 Å². The zero-order valence-corrected chi connectivity index (χ0v) is 11.3. The van der Waals surface area contributed by atoms with Crippen molar-refractivity contribution in [2.45, 2.75) is 38.5 Å². The molecule has 0 spiro atoms. The minimum Gasteiger partial charge on any atom is -0.274 e. The molecule has 20 heavy (non-hydrogen) atoms. The molecule has 2 heterocycles. The van der Waals surface area contributed by atoms with Crippen molar-refractivity contribution in [2.75, 3.05) is 0 Å². The fourth-order valence-electron chi connectivity index (χ4n) is 1.95. The SMILES string of the molecule is C=CN1C(=O)CCCC1=O.C=CN1C(=O)CCCC1=O. The van der Waals surface area contributed by atoms with Crippen LogP contribution in [0.2, 0.25) is 0 Å². The number of amides is 4. The van der Waals surface area contributed by atoms with Crippen LogP contribution in [0.4, 0.5) is 0 Å². The number of nitrogens with zero attached hydrogens (tertiary/aromatic N) is 2. The molecule has 0 aromatic heterocycles. The number of rotatable bonds is 2. The van der Waals surface area contributed by atoms with Crippen molar-refractivity contribution in [3.05, 3.63) is 25.6 Å². The van der Waals surface area contributed by atoms with Gasteiger partial charge in [-0.25, -0.2) is 0 Å². The summed E-state index contributed by atoms with van der Waals surface area (Å²) in [4.78, 5) is 45.7. The van der Waals surface area contributed by atoms with Crippen LogP contribution < -0.4 is 0 Å². The number of hydrogen-bond donors (Lipinski definition) is 0. The van der Waals surface area contributed by atoms with Crippen molar-refractivity contribution in [3.8, 4) is 0 Å². The number of likely N-dealkylation sites (tertiary alicyclic amines) is 2. The highest BCUT2D eigenvalue weighted by Crippen LogP contribution is 2.12. The lowest BCUT2D eigenvalue weighted by Crippen LogP contribution is -2.35. The molecule has 0 saturated carbocycles. The van der Waals surface area contributed by atoms with Gasteiger partial charge in [0.2, 0.25) is 23.6 Å². The van der Waals surface area contributed by atoms with E-state index in [1.54, 1.807) is 0 Å². The summed E-state index contributed by atoms with van der Waals surface area (Å²) in [6, 6.07) is 0. The maximum Gasteiger partial charge on any atom is 0.233 e. The van der Waals surface area contributed by atoms with Crippen molar-refractivity contribution in [1.82, 2.24) is 9.80 Å². The first-order chi connectivity index (χ1) is 9.51. The molecular weight excluding hydrogens is 260 g/mol. The molecule has 2 saturated heterocycles. The minimum absolute atomic E-state index is 0.133. The standard InChI is InChI=1S/2C7H9NO2/c2*1-2-8-6(9)4-3-5-7(8)10/h2*2H,1,3-5H2. The van der Waals surface area contributed by atoms with Crippen LogP contribution in [0.15, 0.2) is 25.6 Å². The highest BCUT2D eigenvalue weighted by molar-refractivity contribution is 5.99. The van der Waals surface area contributed by atoms with E-state index >= 15 is 0 Å². The Morgan fingerprint density at radius 3 is 1.05 bits per heavy atom. The first kappa shape index (κ1) is 15.8. The van der Waals surface area contributed by atoms with Crippen LogP contribution in [0.3, 0.4) is 0 Å². The molecule has 2 fully saturated rings. The zero-order chi connectivity index (χ0) is 15.1. The van der Waals surface area contributed by atoms with Gasteiger partial charge < -0.3 is 0 Å².